The van der Waals surface area contributed by atoms with E-state index < -0.39 is 16.1 Å². The van der Waals surface area contributed by atoms with Gasteiger partial charge in [-0.1, -0.05) is 47.5 Å². The summed E-state index contributed by atoms with van der Waals surface area (Å²) in [7, 11) is -4.15. The molecule has 1 aromatic heterocycles. The van der Waals surface area contributed by atoms with Crippen LogP contribution < -0.4 is 21.1 Å². The number of nitrogens with zero attached hydrogens (tertiary/aromatic N) is 2. The number of sulfonamides is 1. The van der Waals surface area contributed by atoms with Crippen LogP contribution in [-0.4, -0.2) is 61.0 Å². The second-order valence-corrected chi connectivity index (χ2v) is 14.9. The van der Waals surface area contributed by atoms with E-state index in [9.17, 15) is 18.0 Å². The van der Waals surface area contributed by atoms with Crippen LogP contribution in [0.25, 0.3) is 10.9 Å². The molecular weight excluding hydrogens is 699 g/mol. The van der Waals surface area contributed by atoms with Gasteiger partial charge in [0.2, 0.25) is 15.9 Å². The van der Waals surface area contributed by atoms with E-state index >= 15 is 0 Å². The predicted molar refractivity (Wildman–Crippen MR) is 196 cm³/mol. The molecule has 3 aromatic carbocycles. The summed E-state index contributed by atoms with van der Waals surface area (Å²) in [5, 5.41) is 14.3. The Hall–Kier alpha value is -4.23. The molecule has 14 heteroatoms. The van der Waals surface area contributed by atoms with Crippen LogP contribution in [0.4, 0.5) is 0 Å². The van der Waals surface area contributed by atoms with Gasteiger partial charge in [0.25, 0.3) is 5.91 Å². The molecule has 5 rings (SSSR count). The number of carbonyl (C=O) groups is 2. The molecule has 1 fully saturated rings. The summed E-state index contributed by atoms with van der Waals surface area (Å²) in [6.45, 7) is 4.83. The van der Waals surface area contributed by atoms with Gasteiger partial charge in [0.1, 0.15) is 34.6 Å². The van der Waals surface area contributed by atoms with Crippen molar-refractivity contribution >= 4 is 61.8 Å². The summed E-state index contributed by atoms with van der Waals surface area (Å²) in [6, 6.07) is 16.1. The molecule has 2 heterocycles. The first-order valence-corrected chi connectivity index (χ1v) is 18.6. The summed E-state index contributed by atoms with van der Waals surface area (Å²) in [5.41, 5.74) is 9.39. The lowest BCUT2D eigenvalue weighted by Gasteiger charge is -2.24. The third-order valence-corrected chi connectivity index (χ3v) is 11.5. The first-order valence-electron chi connectivity index (χ1n) is 16.4. The maximum atomic E-state index is 13.9. The normalized spacial score (nSPS) is 14.8. The number of hydrogen-bond acceptors (Lipinski definition) is 7. The van der Waals surface area contributed by atoms with Gasteiger partial charge in [-0.2, -0.15) is 4.31 Å². The lowest BCUT2D eigenvalue weighted by molar-refractivity contribution is -0.124. The van der Waals surface area contributed by atoms with Gasteiger partial charge >= 0.3 is 0 Å². The fourth-order valence-corrected chi connectivity index (χ4v) is 8.53. The number of amidine groups is 1. The highest BCUT2D eigenvalue weighted by atomic mass is 35.5. The number of pyridine rings is 1. The molecule has 1 aliphatic rings. The number of rotatable bonds is 14. The Balaban J connectivity index is 1.15. The van der Waals surface area contributed by atoms with Crippen molar-refractivity contribution in [2.45, 2.75) is 63.5 Å². The van der Waals surface area contributed by atoms with Crippen LogP contribution in [0.1, 0.15) is 64.8 Å². The topological polar surface area (TPSA) is 168 Å². The average molecular weight is 740 g/mol. The molecule has 0 aliphatic carbocycles. The fourth-order valence-electron chi connectivity index (χ4n) is 6.01. The van der Waals surface area contributed by atoms with Crippen molar-refractivity contribution in [2.24, 2.45) is 5.73 Å². The monoisotopic (exact) mass is 738 g/mol. The van der Waals surface area contributed by atoms with Gasteiger partial charge in [-0.3, -0.25) is 15.0 Å². The smallest absolute Gasteiger partial charge is 0.251 e. The quantitative estimate of drug-likeness (QED) is 0.0711. The van der Waals surface area contributed by atoms with Crippen LogP contribution in [-0.2, 0) is 21.4 Å². The van der Waals surface area contributed by atoms with Crippen molar-refractivity contribution in [3.05, 3.63) is 98.7 Å². The van der Waals surface area contributed by atoms with E-state index in [1.54, 1.807) is 30.3 Å². The number of nitrogens with one attached hydrogen (secondary N) is 3. The number of carbonyl (C=O) groups excluding carboxylic acids is 2. The highest BCUT2D eigenvalue weighted by Crippen LogP contribution is 2.36. The van der Waals surface area contributed by atoms with Crippen molar-refractivity contribution in [3.63, 3.8) is 0 Å². The third kappa shape index (κ3) is 8.38. The first kappa shape index (κ1) is 37.0. The highest BCUT2D eigenvalue weighted by molar-refractivity contribution is 7.89. The van der Waals surface area contributed by atoms with Crippen molar-refractivity contribution < 1.29 is 22.7 Å². The van der Waals surface area contributed by atoms with E-state index in [4.69, 9.17) is 39.1 Å². The van der Waals surface area contributed by atoms with Gasteiger partial charge in [0.15, 0.2) is 0 Å². The van der Waals surface area contributed by atoms with Crippen molar-refractivity contribution in [1.29, 1.82) is 5.41 Å². The van der Waals surface area contributed by atoms with Gasteiger partial charge in [0, 0.05) is 52.4 Å². The number of fused-ring (bicyclic) bond motifs is 1. The van der Waals surface area contributed by atoms with Gasteiger partial charge in [-0.25, -0.2) is 13.4 Å². The van der Waals surface area contributed by atoms with Gasteiger partial charge in [-0.15, -0.1) is 0 Å². The van der Waals surface area contributed by atoms with Crippen molar-refractivity contribution in [3.8, 4) is 5.75 Å². The van der Waals surface area contributed by atoms with E-state index in [0.29, 0.717) is 66.7 Å². The molecule has 0 bridgehead atoms. The maximum absolute atomic E-state index is 13.9. The number of ether oxygens (including phenoxy) is 1. The van der Waals surface area contributed by atoms with E-state index in [0.717, 1.165) is 23.1 Å². The molecule has 1 aliphatic heterocycles. The number of para-hydroxylation sites is 1. The van der Waals surface area contributed by atoms with Crippen molar-refractivity contribution in [1.82, 2.24) is 19.9 Å². The molecule has 11 nitrogen and oxygen atoms in total. The lowest BCUT2D eigenvalue weighted by atomic mass is 10.1. The number of nitrogens with two attached hydrogens (primary N) is 1. The maximum Gasteiger partial charge on any atom is 0.251 e. The molecule has 0 saturated carbocycles. The second kappa shape index (κ2) is 16.2. The predicted octanol–water partition coefficient (Wildman–Crippen LogP) is 5.89. The summed E-state index contributed by atoms with van der Waals surface area (Å²) >= 11 is 13.2. The van der Waals surface area contributed by atoms with Gasteiger partial charge in [0.05, 0.1) is 5.02 Å². The Labute approximate surface area is 302 Å². The summed E-state index contributed by atoms with van der Waals surface area (Å²) in [4.78, 5) is 30.0. The zero-order chi connectivity index (χ0) is 36.0. The van der Waals surface area contributed by atoms with Crippen LogP contribution in [0.15, 0.2) is 65.6 Å². The number of aromatic nitrogens is 1. The number of benzene rings is 3. The van der Waals surface area contributed by atoms with Gasteiger partial charge < -0.3 is 21.1 Å². The zero-order valence-corrected chi connectivity index (χ0v) is 30.2. The van der Waals surface area contributed by atoms with Crippen LogP contribution in [0.2, 0.25) is 10.0 Å². The Morgan fingerprint density at radius 3 is 2.42 bits per heavy atom. The number of aryl methyl sites for hydroxylation is 2. The molecular formula is C36H40Cl2N6O5S. The van der Waals surface area contributed by atoms with Crippen LogP contribution in [0, 0.1) is 19.3 Å². The molecule has 0 unspecified atom stereocenters. The number of nitrogen functional groups attached to an aromatic ring is 1. The molecule has 5 N–H and O–H groups in total. The molecule has 1 atom stereocenters. The second-order valence-electron chi connectivity index (χ2n) is 12.2. The summed E-state index contributed by atoms with van der Waals surface area (Å²) in [6.07, 6.45) is 3.03. The number of unbranched alkanes of at least 4 members (excludes halogenated alkanes) is 2. The minimum atomic E-state index is -4.15. The highest BCUT2D eigenvalue weighted by Gasteiger charge is 2.40. The van der Waals surface area contributed by atoms with E-state index in [2.05, 4.69) is 15.6 Å². The zero-order valence-electron chi connectivity index (χ0n) is 27.9. The molecule has 1 saturated heterocycles. The van der Waals surface area contributed by atoms with Crippen molar-refractivity contribution in [2.75, 3.05) is 19.6 Å². The lowest BCUT2D eigenvalue weighted by Crippen LogP contribution is -2.46. The Kier molecular flexibility index (Phi) is 12.0. The molecule has 4 aromatic rings. The van der Waals surface area contributed by atoms with Crippen LogP contribution in [0.5, 0.6) is 5.75 Å². The molecule has 264 valence electrons. The van der Waals surface area contributed by atoms with E-state index in [1.807, 2.05) is 32.0 Å². The van der Waals surface area contributed by atoms with E-state index in [1.165, 1.54) is 16.4 Å². The largest absolute Gasteiger partial charge is 0.487 e. The summed E-state index contributed by atoms with van der Waals surface area (Å²) in [5.74, 6) is -0.123. The van der Waals surface area contributed by atoms with E-state index in [-0.39, 0.29) is 45.7 Å². The Bertz CT molecular complexity index is 2020. The van der Waals surface area contributed by atoms with Gasteiger partial charge in [-0.05, 0) is 87.9 Å². The minimum Gasteiger partial charge on any atom is -0.487 e. The first-order chi connectivity index (χ1) is 23.9. The Morgan fingerprint density at radius 2 is 1.70 bits per heavy atom. The minimum absolute atomic E-state index is 0.0516. The third-order valence-electron chi connectivity index (χ3n) is 8.65. The Morgan fingerprint density at radius 1 is 1.00 bits per heavy atom. The molecule has 2 amide bonds. The SMILES string of the molecule is Cc1cc(C)c2cccc(OCc3c(Cl)ccc(S(=O)(=O)N4CCC[C@H]4C(=O)NCCCCCNC(=O)c4ccc(C(=N)N)cc4)c3Cl)c2n1. The summed E-state index contributed by atoms with van der Waals surface area (Å²) < 4.78 is 35.2. The fraction of sp³-hybridized carbons (Fsp3) is 0.333. The number of amides is 2. The standard InChI is InChI=1S/C36H40Cl2N6O5S/c1-22-20-23(2)43-33-26(22)8-6-10-30(33)49-21-27-28(37)15-16-31(32(27)38)50(47,48)44-19-7-9-29(44)36(46)42-18-5-3-4-17-41-35(45)25-13-11-24(12-14-25)34(39)40/h6,8,10-16,20,29H,3-5,7,9,17-19,21H2,1-2H3,(H3,39,40)(H,41,45)(H,42,46)/t29-/m0/s1. The number of hydrogen-bond donors (Lipinski definition) is 4. The molecule has 0 radical (unpaired) electrons. The molecule has 50 heavy (non-hydrogen) atoms. The number of halogens is 2. The molecule has 0 spiro atoms. The van der Waals surface area contributed by atoms with Crippen LogP contribution in [0.3, 0.4) is 0 Å². The average Bonchev–Trinajstić information content (AvgIpc) is 3.59. The van der Waals surface area contributed by atoms with Crippen LogP contribution >= 0.6 is 23.2 Å².